The Morgan fingerprint density at radius 3 is 2.59 bits per heavy atom. The molecule has 7 rings (SSSR count). The number of aromatic nitrogens is 4. The first-order chi connectivity index (χ1) is 21.9. The van der Waals surface area contributed by atoms with Gasteiger partial charge in [-0.15, -0.1) is 21.5 Å². The Balaban J connectivity index is 1.16. The molecule has 3 aromatic heterocycles. The third kappa shape index (κ3) is 5.50. The molecule has 0 radical (unpaired) electrons. The summed E-state index contributed by atoms with van der Waals surface area (Å²) in [6.07, 6.45) is 6.09. The van der Waals surface area contributed by atoms with E-state index in [4.69, 9.17) is 14.1 Å². The van der Waals surface area contributed by atoms with Gasteiger partial charge in [0.2, 0.25) is 0 Å². The van der Waals surface area contributed by atoms with Crippen LogP contribution in [0, 0.1) is 32.0 Å². The van der Waals surface area contributed by atoms with Crippen molar-refractivity contribution in [1.29, 1.82) is 0 Å². The minimum Gasteiger partial charge on any atom is -0.449 e. The number of fused-ring (bicyclic) bond motifs is 3. The molecule has 2 saturated heterocycles. The van der Waals surface area contributed by atoms with Crippen LogP contribution in [0.15, 0.2) is 40.1 Å². The maximum Gasteiger partial charge on any atom is 0.410 e. The highest BCUT2D eigenvalue weighted by Crippen LogP contribution is 2.43. The lowest BCUT2D eigenvalue weighted by molar-refractivity contribution is 0.0266. The number of amides is 1. The van der Waals surface area contributed by atoms with Crippen LogP contribution in [0.25, 0.3) is 5.00 Å². The van der Waals surface area contributed by atoms with Crippen LogP contribution in [0.4, 0.5) is 14.9 Å². The number of ether oxygens (including phenoxy) is 1. The van der Waals surface area contributed by atoms with Crippen molar-refractivity contribution < 1.29 is 18.3 Å². The molecule has 12 heteroatoms. The van der Waals surface area contributed by atoms with Gasteiger partial charge < -0.3 is 19.0 Å². The summed E-state index contributed by atoms with van der Waals surface area (Å²) in [7, 11) is 0. The van der Waals surface area contributed by atoms with Gasteiger partial charge in [-0.1, -0.05) is 6.07 Å². The number of likely N-dealkylation sites (tertiary alicyclic amines) is 1. The summed E-state index contributed by atoms with van der Waals surface area (Å²) in [5, 5.41) is 9.91. The molecule has 1 amide bonds. The Morgan fingerprint density at radius 2 is 1.89 bits per heavy atom. The molecule has 1 unspecified atom stereocenters. The SMILES string of the molecule is Cc1sc2c(c1C)C(c1ccc(N3CCC4(CCN(C(=O)OC(C)(C)C)C4)CC3)c(F)c1)=NC(Cc1ncco1)c1nnc(C)n1-2. The van der Waals surface area contributed by atoms with Crippen molar-refractivity contribution in [3.8, 4) is 5.00 Å². The predicted molar refractivity (Wildman–Crippen MR) is 175 cm³/mol. The van der Waals surface area contributed by atoms with E-state index >= 15 is 4.39 Å². The molecular formula is C34H40FN7O3S. The molecule has 4 aromatic rings. The van der Waals surface area contributed by atoms with Crippen molar-refractivity contribution in [2.45, 2.75) is 78.9 Å². The molecule has 46 heavy (non-hydrogen) atoms. The Hall–Kier alpha value is -4.06. The van der Waals surface area contributed by atoms with Crippen molar-refractivity contribution in [1.82, 2.24) is 24.6 Å². The standard InChI is InChI=1S/C34H40FN7O3S/c1-20-21(2)46-31-28(20)29(37-25(18-27-36-12-16-44-27)30-39-38-22(3)42(30)31)23-7-8-26(24(35)17-23)40-13-9-34(10-14-40)11-15-41(19-34)32(43)45-33(4,5)6/h7-8,12,16-17,25H,9-11,13-15,18-19H2,1-6H3. The summed E-state index contributed by atoms with van der Waals surface area (Å²) in [6, 6.07) is 5.08. The van der Waals surface area contributed by atoms with Crippen LogP contribution in [0.5, 0.6) is 0 Å². The van der Waals surface area contributed by atoms with Crippen LogP contribution < -0.4 is 4.90 Å². The summed E-state index contributed by atoms with van der Waals surface area (Å²) < 4.78 is 29.4. The number of hydrogen-bond donors (Lipinski definition) is 0. The number of piperidine rings is 1. The predicted octanol–water partition coefficient (Wildman–Crippen LogP) is 6.74. The molecule has 1 aromatic carbocycles. The Morgan fingerprint density at radius 1 is 1.13 bits per heavy atom. The van der Waals surface area contributed by atoms with Gasteiger partial charge in [-0.2, -0.15) is 0 Å². The number of hydrogen-bond acceptors (Lipinski definition) is 9. The topological polar surface area (TPSA) is 102 Å². The van der Waals surface area contributed by atoms with Crippen molar-refractivity contribution >= 4 is 28.8 Å². The molecule has 10 nitrogen and oxygen atoms in total. The fourth-order valence-corrected chi connectivity index (χ4v) is 8.22. The zero-order valence-electron chi connectivity index (χ0n) is 27.3. The van der Waals surface area contributed by atoms with Crippen LogP contribution in [-0.4, -0.2) is 68.2 Å². The van der Waals surface area contributed by atoms with Gasteiger partial charge in [0.15, 0.2) is 11.7 Å². The van der Waals surface area contributed by atoms with E-state index in [-0.39, 0.29) is 17.3 Å². The van der Waals surface area contributed by atoms with Crippen molar-refractivity contribution in [3.63, 3.8) is 0 Å². The Kier molecular flexibility index (Phi) is 7.53. The summed E-state index contributed by atoms with van der Waals surface area (Å²) in [5.41, 5.74) is 3.67. The first-order valence-electron chi connectivity index (χ1n) is 15.9. The molecule has 0 bridgehead atoms. The van der Waals surface area contributed by atoms with Gasteiger partial charge in [0.25, 0.3) is 0 Å². The highest BCUT2D eigenvalue weighted by atomic mass is 32.1. The Bertz CT molecular complexity index is 1810. The van der Waals surface area contributed by atoms with Gasteiger partial charge in [0.05, 0.1) is 24.0 Å². The zero-order valence-corrected chi connectivity index (χ0v) is 28.1. The van der Waals surface area contributed by atoms with E-state index in [2.05, 4.69) is 38.5 Å². The van der Waals surface area contributed by atoms with Crippen molar-refractivity contribution in [2.24, 2.45) is 10.4 Å². The minimum absolute atomic E-state index is 0.0546. The molecule has 242 valence electrons. The maximum atomic E-state index is 16.1. The lowest BCUT2D eigenvalue weighted by Crippen LogP contribution is -2.43. The molecule has 1 spiro atoms. The summed E-state index contributed by atoms with van der Waals surface area (Å²) in [6.45, 7) is 14.7. The van der Waals surface area contributed by atoms with Crippen LogP contribution >= 0.6 is 11.3 Å². The number of thiophene rings is 1. The highest BCUT2D eigenvalue weighted by molar-refractivity contribution is 7.15. The van der Waals surface area contributed by atoms with Crippen LogP contribution in [0.3, 0.4) is 0 Å². The summed E-state index contributed by atoms with van der Waals surface area (Å²) in [4.78, 5) is 27.4. The van der Waals surface area contributed by atoms with Crippen LogP contribution in [0.2, 0.25) is 0 Å². The van der Waals surface area contributed by atoms with Gasteiger partial charge in [-0.05, 0) is 83.9 Å². The fourth-order valence-electron chi connectivity index (χ4n) is 7.00. The van der Waals surface area contributed by atoms with Crippen LogP contribution in [0.1, 0.15) is 85.2 Å². The van der Waals surface area contributed by atoms with E-state index in [0.29, 0.717) is 36.9 Å². The monoisotopic (exact) mass is 645 g/mol. The highest BCUT2D eigenvalue weighted by Gasteiger charge is 2.43. The molecule has 3 aliphatic rings. The third-order valence-corrected chi connectivity index (χ3v) is 10.8. The fraction of sp³-hybridized carbons (Fsp3) is 0.500. The van der Waals surface area contributed by atoms with Gasteiger partial charge in [-0.25, -0.2) is 14.2 Å². The number of aryl methyl sites for hydroxylation is 2. The van der Waals surface area contributed by atoms with Crippen molar-refractivity contribution in [3.05, 3.63) is 75.6 Å². The number of oxazole rings is 1. The lowest BCUT2D eigenvalue weighted by Gasteiger charge is -2.40. The molecule has 1 atom stereocenters. The number of anilines is 1. The van der Waals surface area contributed by atoms with Gasteiger partial charge >= 0.3 is 6.09 Å². The molecule has 0 saturated carbocycles. The Labute approximate surface area is 272 Å². The van der Waals surface area contributed by atoms with Gasteiger partial charge in [-0.3, -0.25) is 9.56 Å². The molecular weight excluding hydrogens is 605 g/mol. The first kappa shape index (κ1) is 30.6. The second kappa shape index (κ2) is 11.3. The maximum absolute atomic E-state index is 16.1. The largest absolute Gasteiger partial charge is 0.449 e. The number of nitrogens with zero attached hydrogens (tertiary/aromatic N) is 7. The normalized spacial score (nSPS) is 19.2. The first-order valence-corrected chi connectivity index (χ1v) is 16.7. The van der Waals surface area contributed by atoms with E-state index in [1.54, 1.807) is 29.9 Å². The number of carbonyl (C=O) groups is 1. The number of benzene rings is 1. The zero-order chi connectivity index (χ0) is 32.4. The third-order valence-electron chi connectivity index (χ3n) is 9.57. The van der Waals surface area contributed by atoms with E-state index in [9.17, 15) is 4.79 Å². The van der Waals surface area contributed by atoms with Gasteiger partial charge in [0.1, 0.15) is 34.5 Å². The van der Waals surface area contributed by atoms with Crippen molar-refractivity contribution in [2.75, 3.05) is 31.1 Å². The lowest BCUT2D eigenvalue weighted by atomic mass is 9.77. The molecule has 2 fully saturated rings. The average Bonchev–Trinajstić information content (AvgIpc) is 3.78. The number of carbonyl (C=O) groups excluding carboxylic acids is 1. The van der Waals surface area contributed by atoms with E-state index in [0.717, 1.165) is 65.6 Å². The van der Waals surface area contributed by atoms with Gasteiger partial charge in [0, 0.05) is 42.2 Å². The smallest absolute Gasteiger partial charge is 0.410 e. The summed E-state index contributed by atoms with van der Waals surface area (Å²) in [5.74, 6) is 1.77. The minimum atomic E-state index is -0.514. The second-order valence-corrected chi connectivity index (χ2v) is 15.0. The number of aliphatic imine (C=N–C) groups is 1. The summed E-state index contributed by atoms with van der Waals surface area (Å²) >= 11 is 1.67. The second-order valence-electron chi connectivity index (χ2n) is 13.8. The quantitative estimate of drug-likeness (QED) is 0.242. The molecule has 0 N–H and O–H groups in total. The van der Waals surface area contributed by atoms with Crippen LogP contribution in [-0.2, 0) is 11.2 Å². The molecule has 6 heterocycles. The van der Waals surface area contributed by atoms with E-state index in [1.165, 1.54) is 4.88 Å². The number of halogens is 1. The molecule has 0 aliphatic carbocycles. The average molecular weight is 646 g/mol. The van der Waals surface area contributed by atoms with E-state index < -0.39 is 11.6 Å². The molecule has 3 aliphatic heterocycles. The van der Waals surface area contributed by atoms with E-state index in [1.807, 2.05) is 44.7 Å². The number of rotatable bonds is 4.